The van der Waals surface area contributed by atoms with E-state index in [1.165, 1.54) is 10.8 Å². The molecule has 0 N–H and O–H groups in total. The summed E-state index contributed by atoms with van der Waals surface area (Å²) in [5.41, 5.74) is 11.3. The third kappa shape index (κ3) is 4.24. The summed E-state index contributed by atoms with van der Waals surface area (Å²) < 4.78 is 4.45. The quantitative estimate of drug-likeness (QED) is 0.193. The zero-order valence-electron chi connectivity index (χ0n) is 26.7. The van der Waals surface area contributed by atoms with Crippen molar-refractivity contribution in [3.05, 3.63) is 168 Å². The highest BCUT2D eigenvalue weighted by atomic mass is 15.0. The average Bonchev–Trinajstić information content (AvgIpc) is 3.70. The Labute approximate surface area is 287 Å². The van der Waals surface area contributed by atoms with Gasteiger partial charge in [0, 0.05) is 38.4 Å². The molecule has 0 aliphatic heterocycles. The predicted molar refractivity (Wildman–Crippen MR) is 200 cm³/mol. The number of nitriles is 3. The summed E-state index contributed by atoms with van der Waals surface area (Å²) in [7, 11) is 0. The molecule has 50 heavy (non-hydrogen) atoms. The molecule has 0 atom stereocenters. The Morgan fingerprint density at radius 3 is 1.68 bits per heavy atom. The Balaban J connectivity index is 1.30. The summed E-state index contributed by atoms with van der Waals surface area (Å²) in [6, 6.07) is 57.9. The van der Waals surface area contributed by atoms with Gasteiger partial charge >= 0.3 is 0 Å². The highest BCUT2D eigenvalue weighted by Gasteiger charge is 2.20. The summed E-state index contributed by atoms with van der Waals surface area (Å²) in [6.07, 6.45) is 0. The maximum atomic E-state index is 10.4. The van der Waals surface area contributed by atoms with Crippen molar-refractivity contribution >= 4 is 43.6 Å². The van der Waals surface area contributed by atoms with E-state index < -0.39 is 0 Å². The number of aromatic nitrogens is 2. The summed E-state index contributed by atoms with van der Waals surface area (Å²) in [6.45, 7) is 0. The van der Waals surface area contributed by atoms with Crippen LogP contribution in [0.15, 0.2) is 152 Å². The molecule has 230 valence electrons. The van der Waals surface area contributed by atoms with Gasteiger partial charge in [-0.2, -0.15) is 15.8 Å². The molecule has 0 saturated carbocycles. The number of fused-ring (bicyclic) bond motifs is 6. The molecule has 0 aliphatic carbocycles. The summed E-state index contributed by atoms with van der Waals surface area (Å²) in [5, 5.41) is 34.2. The molecule has 0 bridgehead atoms. The molecule has 0 spiro atoms. The van der Waals surface area contributed by atoms with Crippen LogP contribution in [0.5, 0.6) is 0 Å². The second-order valence-corrected chi connectivity index (χ2v) is 12.3. The zero-order valence-corrected chi connectivity index (χ0v) is 26.7. The molecular formula is C45H25N5. The van der Waals surface area contributed by atoms with E-state index in [0.717, 1.165) is 66.5 Å². The van der Waals surface area contributed by atoms with Crippen molar-refractivity contribution in [2.75, 3.05) is 0 Å². The van der Waals surface area contributed by atoms with Gasteiger partial charge in [0.1, 0.15) is 0 Å². The predicted octanol–water partition coefficient (Wildman–Crippen LogP) is 10.8. The molecule has 0 radical (unpaired) electrons. The standard InChI is InChI=1S/C45H25N5/c46-26-29-20-23-43-39(24-29)45-31(28-48)10-9-19-44(45)49(43)32-22-21-30(27-47)38(25-32)34-12-2-1-11-33(34)35-13-3-6-16-40(35)50-41-17-7-4-14-36(41)37-15-5-8-18-42(37)50/h1-25H. The van der Waals surface area contributed by atoms with E-state index in [-0.39, 0.29) is 0 Å². The highest BCUT2D eigenvalue weighted by molar-refractivity contribution is 6.12. The lowest BCUT2D eigenvalue weighted by Crippen LogP contribution is -1.99. The van der Waals surface area contributed by atoms with Crippen molar-refractivity contribution in [2.45, 2.75) is 0 Å². The van der Waals surface area contributed by atoms with Gasteiger partial charge in [-0.15, -0.1) is 0 Å². The number of nitrogens with zero attached hydrogens (tertiary/aromatic N) is 5. The van der Waals surface area contributed by atoms with Gasteiger partial charge in [0.25, 0.3) is 0 Å². The highest BCUT2D eigenvalue weighted by Crippen LogP contribution is 2.42. The maximum Gasteiger partial charge on any atom is 0.0998 e. The zero-order chi connectivity index (χ0) is 33.8. The van der Waals surface area contributed by atoms with Crippen molar-refractivity contribution in [1.82, 2.24) is 9.13 Å². The molecule has 0 aliphatic rings. The van der Waals surface area contributed by atoms with Crippen molar-refractivity contribution in [1.29, 1.82) is 15.8 Å². The van der Waals surface area contributed by atoms with Crippen LogP contribution in [0, 0.1) is 34.0 Å². The average molecular weight is 636 g/mol. The van der Waals surface area contributed by atoms with Gasteiger partial charge in [0.05, 0.1) is 62.7 Å². The summed E-state index contributed by atoms with van der Waals surface area (Å²) in [5.74, 6) is 0. The minimum Gasteiger partial charge on any atom is -0.309 e. The first kappa shape index (κ1) is 28.8. The largest absolute Gasteiger partial charge is 0.309 e. The Bertz CT molecular complexity index is 2920. The summed E-state index contributed by atoms with van der Waals surface area (Å²) >= 11 is 0. The molecular weight excluding hydrogens is 611 g/mol. The molecule has 0 fully saturated rings. The smallest absolute Gasteiger partial charge is 0.0998 e. The van der Waals surface area contributed by atoms with Gasteiger partial charge < -0.3 is 9.13 Å². The summed E-state index contributed by atoms with van der Waals surface area (Å²) in [4.78, 5) is 0. The van der Waals surface area contributed by atoms with Crippen LogP contribution in [0.2, 0.25) is 0 Å². The molecule has 0 amide bonds. The fraction of sp³-hybridized carbons (Fsp3) is 0. The molecule has 0 saturated heterocycles. The number of hydrogen-bond donors (Lipinski definition) is 0. The molecule has 9 rings (SSSR count). The topological polar surface area (TPSA) is 81.2 Å². The molecule has 2 heterocycles. The molecule has 7 aromatic carbocycles. The minimum absolute atomic E-state index is 0.528. The molecule has 2 aromatic heterocycles. The van der Waals surface area contributed by atoms with Crippen molar-refractivity contribution in [3.63, 3.8) is 0 Å². The Kier molecular flexibility index (Phi) is 6.56. The van der Waals surface area contributed by atoms with E-state index in [1.54, 1.807) is 12.1 Å². The second-order valence-electron chi connectivity index (χ2n) is 12.3. The molecule has 5 nitrogen and oxygen atoms in total. The Morgan fingerprint density at radius 2 is 0.980 bits per heavy atom. The lowest BCUT2D eigenvalue weighted by molar-refractivity contribution is 1.18. The van der Waals surface area contributed by atoms with E-state index in [4.69, 9.17) is 0 Å². The second kappa shape index (κ2) is 11.4. The van der Waals surface area contributed by atoms with Gasteiger partial charge in [0.2, 0.25) is 0 Å². The molecule has 9 aromatic rings. The third-order valence-electron chi connectivity index (χ3n) is 9.65. The van der Waals surface area contributed by atoms with Crippen LogP contribution in [0.3, 0.4) is 0 Å². The molecule has 5 heteroatoms. The SMILES string of the molecule is N#Cc1ccc2c(c1)c1c(C#N)cccc1n2-c1ccc(C#N)c(-c2ccccc2-c2ccccc2-n2c3ccccc3c3ccccc32)c1. The first-order valence-electron chi connectivity index (χ1n) is 16.3. The lowest BCUT2D eigenvalue weighted by atomic mass is 9.91. The molecule has 0 unspecified atom stereocenters. The van der Waals surface area contributed by atoms with Crippen LogP contribution >= 0.6 is 0 Å². The van der Waals surface area contributed by atoms with E-state index in [0.29, 0.717) is 16.7 Å². The first-order chi connectivity index (χ1) is 24.7. The van der Waals surface area contributed by atoms with Crippen LogP contribution in [-0.4, -0.2) is 9.13 Å². The van der Waals surface area contributed by atoms with Crippen LogP contribution < -0.4 is 0 Å². The first-order valence-corrected chi connectivity index (χ1v) is 16.3. The Morgan fingerprint density at radius 1 is 0.380 bits per heavy atom. The van der Waals surface area contributed by atoms with Crippen LogP contribution in [0.25, 0.3) is 77.2 Å². The van der Waals surface area contributed by atoms with Crippen LogP contribution in [-0.2, 0) is 0 Å². The van der Waals surface area contributed by atoms with Gasteiger partial charge in [-0.25, -0.2) is 0 Å². The number of para-hydroxylation sites is 3. The normalized spacial score (nSPS) is 11.1. The number of hydrogen-bond acceptors (Lipinski definition) is 3. The fourth-order valence-electron chi connectivity index (χ4n) is 7.53. The van der Waals surface area contributed by atoms with Crippen LogP contribution in [0.1, 0.15) is 16.7 Å². The van der Waals surface area contributed by atoms with Gasteiger partial charge in [-0.3, -0.25) is 0 Å². The number of benzene rings is 7. The maximum absolute atomic E-state index is 10.4. The fourth-order valence-corrected chi connectivity index (χ4v) is 7.53. The van der Waals surface area contributed by atoms with Crippen molar-refractivity contribution in [3.8, 4) is 51.8 Å². The monoisotopic (exact) mass is 635 g/mol. The lowest BCUT2D eigenvalue weighted by Gasteiger charge is -2.18. The van der Waals surface area contributed by atoms with Crippen LogP contribution in [0.4, 0.5) is 0 Å². The number of rotatable bonds is 4. The van der Waals surface area contributed by atoms with Crippen molar-refractivity contribution in [2.24, 2.45) is 0 Å². The Hall–Kier alpha value is -7.39. The third-order valence-corrected chi connectivity index (χ3v) is 9.65. The van der Waals surface area contributed by atoms with Gasteiger partial charge in [-0.1, -0.05) is 84.9 Å². The van der Waals surface area contributed by atoms with Gasteiger partial charge in [-0.05, 0) is 77.9 Å². The van der Waals surface area contributed by atoms with E-state index in [1.807, 2.05) is 48.5 Å². The minimum atomic E-state index is 0.528. The van der Waals surface area contributed by atoms with E-state index >= 15 is 0 Å². The van der Waals surface area contributed by atoms with E-state index in [9.17, 15) is 15.8 Å². The van der Waals surface area contributed by atoms with Gasteiger partial charge in [0.15, 0.2) is 0 Å². The van der Waals surface area contributed by atoms with E-state index in [2.05, 4.69) is 118 Å². The van der Waals surface area contributed by atoms with Crippen molar-refractivity contribution < 1.29 is 0 Å².